The number of nitrogens with two attached hydrogens (primary N) is 1. The fourth-order valence-electron chi connectivity index (χ4n) is 2.04. The van der Waals surface area contributed by atoms with Crippen LogP contribution in [0.25, 0.3) is 0 Å². The molecule has 0 spiro atoms. The number of carbonyl (C=O) groups excluding carboxylic acids is 3. The molecule has 0 saturated heterocycles. The van der Waals surface area contributed by atoms with Gasteiger partial charge in [0.15, 0.2) is 17.5 Å². The van der Waals surface area contributed by atoms with Gasteiger partial charge >= 0.3 is 6.03 Å². The highest BCUT2D eigenvalue weighted by Gasteiger charge is 2.15. The minimum absolute atomic E-state index is 0.194. The number of benzene rings is 2. The lowest BCUT2D eigenvalue weighted by Crippen LogP contribution is -2.33. The molecule has 4 amide bonds. The van der Waals surface area contributed by atoms with Crippen LogP contribution in [0.5, 0.6) is 0 Å². The maximum atomic E-state index is 13.5. The van der Waals surface area contributed by atoms with Gasteiger partial charge in [0.05, 0.1) is 12.2 Å². The Morgan fingerprint density at radius 1 is 0.889 bits per heavy atom. The van der Waals surface area contributed by atoms with Crippen LogP contribution in [0.2, 0.25) is 0 Å². The van der Waals surface area contributed by atoms with Crippen LogP contribution in [0.1, 0.15) is 15.9 Å². The van der Waals surface area contributed by atoms with E-state index in [4.69, 9.17) is 5.73 Å². The molecule has 0 aliphatic carbocycles. The molecule has 2 rings (SSSR count). The van der Waals surface area contributed by atoms with Gasteiger partial charge in [0.25, 0.3) is 5.91 Å². The number of halogens is 3. The van der Waals surface area contributed by atoms with Gasteiger partial charge in [-0.1, -0.05) is 12.1 Å². The second-order valence-corrected chi connectivity index (χ2v) is 5.37. The number of carbonyl (C=O) groups is 3. The first kappa shape index (κ1) is 19.8. The van der Waals surface area contributed by atoms with E-state index in [1.165, 1.54) is 12.1 Å². The lowest BCUT2D eigenvalue weighted by atomic mass is 10.1. The van der Waals surface area contributed by atoms with E-state index in [1.807, 2.05) is 5.32 Å². The number of amides is 4. The van der Waals surface area contributed by atoms with Crippen molar-refractivity contribution in [1.82, 2.24) is 10.6 Å². The second kappa shape index (κ2) is 8.70. The van der Waals surface area contributed by atoms with E-state index in [-0.39, 0.29) is 12.1 Å². The molecule has 2 aromatic rings. The molecule has 0 bridgehead atoms. The minimum Gasteiger partial charge on any atom is -0.352 e. The molecule has 7 nitrogen and oxygen atoms in total. The van der Waals surface area contributed by atoms with Gasteiger partial charge in [0, 0.05) is 12.1 Å². The van der Waals surface area contributed by atoms with Crippen molar-refractivity contribution in [2.75, 3.05) is 11.9 Å². The second-order valence-electron chi connectivity index (χ2n) is 5.37. The average Bonchev–Trinajstić information content (AvgIpc) is 2.65. The Morgan fingerprint density at radius 2 is 1.56 bits per heavy atom. The monoisotopic (exact) mass is 380 g/mol. The van der Waals surface area contributed by atoms with E-state index >= 15 is 0 Å². The first-order valence-corrected chi connectivity index (χ1v) is 7.61. The maximum Gasteiger partial charge on any atom is 0.312 e. The van der Waals surface area contributed by atoms with Gasteiger partial charge in [-0.15, -0.1) is 0 Å². The summed E-state index contributed by atoms with van der Waals surface area (Å²) in [5.41, 5.74) is 5.36. The normalized spacial score (nSPS) is 10.2. The van der Waals surface area contributed by atoms with E-state index in [2.05, 4.69) is 10.6 Å². The standard InChI is InChI=1S/C17H15F3N4O3/c18-11-5-6-12(15(20)14(11)19)24-13(25)8-22-16(26)10-3-1-9(2-4-10)7-23-17(21)27/h1-6H,7-8H2,(H,22,26)(H,24,25)(H3,21,23,27). The summed E-state index contributed by atoms with van der Waals surface area (Å²) in [4.78, 5) is 34.3. The maximum absolute atomic E-state index is 13.5. The van der Waals surface area contributed by atoms with E-state index in [0.717, 1.165) is 6.07 Å². The Labute approximate surface area is 151 Å². The zero-order valence-corrected chi connectivity index (χ0v) is 13.8. The van der Waals surface area contributed by atoms with Crippen LogP contribution in [0.3, 0.4) is 0 Å². The van der Waals surface area contributed by atoms with Crippen molar-refractivity contribution in [3.05, 3.63) is 65.0 Å². The van der Waals surface area contributed by atoms with Crippen molar-refractivity contribution in [3.8, 4) is 0 Å². The molecular formula is C17H15F3N4O3. The van der Waals surface area contributed by atoms with Crippen molar-refractivity contribution < 1.29 is 27.6 Å². The summed E-state index contributed by atoms with van der Waals surface area (Å²) in [6.07, 6.45) is 0. The Hall–Kier alpha value is -3.56. The van der Waals surface area contributed by atoms with E-state index in [0.29, 0.717) is 11.6 Å². The Balaban J connectivity index is 1.88. The molecule has 5 N–H and O–H groups in total. The number of anilines is 1. The Morgan fingerprint density at radius 3 is 2.19 bits per heavy atom. The fraction of sp³-hybridized carbons (Fsp3) is 0.118. The summed E-state index contributed by atoms with van der Waals surface area (Å²) in [7, 11) is 0. The zero-order chi connectivity index (χ0) is 20.0. The molecule has 0 aliphatic rings. The number of hydrogen-bond donors (Lipinski definition) is 4. The lowest BCUT2D eigenvalue weighted by Gasteiger charge is -2.09. The van der Waals surface area contributed by atoms with E-state index in [1.54, 1.807) is 12.1 Å². The molecule has 0 aliphatic heterocycles. The summed E-state index contributed by atoms with van der Waals surface area (Å²) in [5, 5.41) is 6.73. The third-order valence-corrected chi connectivity index (χ3v) is 3.40. The van der Waals surface area contributed by atoms with Crippen LogP contribution in [0.4, 0.5) is 23.7 Å². The molecular weight excluding hydrogens is 365 g/mol. The number of urea groups is 1. The summed E-state index contributed by atoms with van der Waals surface area (Å²) in [5.74, 6) is -6.02. The highest BCUT2D eigenvalue weighted by molar-refractivity contribution is 5.99. The first-order valence-electron chi connectivity index (χ1n) is 7.61. The van der Waals surface area contributed by atoms with Gasteiger partial charge in [0.2, 0.25) is 5.91 Å². The topological polar surface area (TPSA) is 113 Å². The SMILES string of the molecule is NC(=O)NCc1ccc(C(=O)NCC(=O)Nc2ccc(F)c(F)c2F)cc1. The summed E-state index contributed by atoms with van der Waals surface area (Å²) >= 11 is 0. The molecule has 0 heterocycles. The molecule has 0 fully saturated rings. The van der Waals surface area contributed by atoms with Crippen LogP contribution in [-0.2, 0) is 11.3 Å². The molecule has 142 valence electrons. The largest absolute Gasteiger partial charge is 0.352 e. The highest BCUT2D eigenvalue weighted by Crippen LogP contribution is 2.19. The fourth-order valence-corrected chi connectivity index (χ4v) is 2.04. The van der Waals surface area contributed by atoms with Crippen LogP contribution in [-0.4, -0.2) is 24.4 Å². The van der Waals surface area contributed by atoms with Gasteiger partial charge in [-0.05, 0) is 29.8 Å². The van der Waals surface area contributed by atoms with E-state index in [9.17, 15) is 27.6 Å². The Bertz CT molecular complexity index is 872. The third-order valence-electron chi connectivity index (χ3n) is 3.40. The van der Waals surface area contributed by atoms with Gasteiger partial charge in [-0.3, -0.25) is 9.59 Å². The van der Waals surface area contributed by atoms with Crippen molar-refractivity contribution in [2.24, 2.45) is 5.73 Å². The highest BCUT2D eigenvalue weighted by atomic mass is 19.2. The van der Waals surface area contributed by atoms with Crippen LogP contribution >= 0.6 is 0 Å². The van der Waals surface area contributed by atoms with E-state index < -0.39 is 47.5 Å². The molecule has 27 heavy (non-hydrogen) atoms. The van der Waals surface area contributed by atoms with Crippen LogP contribution in [0, 0.1) is 17.5 Å². The Kier molecular flexibility index (Phi) is 6.36. The number of nitrogens with one attached hydrogen (secondary N) is 3. The molecule has 2 aromatic carbocycles. The van der Waals surface area contributed by atoms with Gasteiger partial charge in [-0.25, -0.2) is 18.0 Å². The minimum atomic E-state index is -1.71. The number of primary amides is 1. The number of rotatable bonds is 6. The van der Waals surface area contributed by atoms with Gasteiger partial charge < -0.3 is 21.7 Å². The first-order chi connectivity index (χ1) is 12.8. The molecule has 10 heteroatoms. The summed E-state index contributed by atoms with van der Waals surface area (Å²) < 4.78 is 39.4. The lowest BCUT2D eigenvalue weighted by molar-refractivity contribution is -0.115. The third kappa shape index (κ3) is 5.46. The molecule has 0 saturated carbocycles. The zero-order valence-electron chi connectivity index (χ0n) is 13.8. The molecule has 0 unspecified atom stereocenters. The smallest absolute Gasteiger partial charge is 0.312 e. The predicted molar refractivity (Wildman–Crippen MR) is 90.1 cm³/mol. The van der Waals surface area contributed by atoms with Crippen molar-refractivity contribution in [3.63, 3.8) is 0 Å². The summed E-state index contributed by atoms with van der Waals surface area (Å²) in [6.45, 7) is -0.318. The van der Waals surface area contributed by atoms with Crippen molar-refractivity contribution >= 4 is 23.5 Å². The number of hydrogen-bond acceptors (Lipinski definition) is 3. The van der Waals surface area contributed by atoms with Crippen molar-refractivity contribution in [1.29, 1.82) is 0 Å². The predicted octanol–water partition coefficient (Wildman–Crippen LogP) is 1.64. The van der Waals surface area contributed by atoms with Gasteiger partial charge in [0.1, 0.15) is 0 Å². The molecule has 0 radical (unpaired) electrons. The molecule has 0 aromatic heterocycles. The summed E-state index contributed by atoms with van der Waals surface area (Å²) in [6, 6.07) is 6.97. The van der Waals surface area contributed by atoms with Gasteiger partial charge in [-0.2, -0.15) is 0 Å². The molecule has 0 atom stereocenters. The van der Waals surface area contributed by atoms with Crippen LogP contribution in [0.15, 0.2) is 36.4 Å². The average molecular weight is 380 g/mol. The quantitative estimate of drug-likeness (QED) is 0.572. The van der Waals surface area contributed by atoms with Crippen LogP contribution < -0.4 is 21.7 Å². The van der Waals surface area contributed by atoms with Crippen molar-refractivity contribution in [2.45, 2.75) is 6.54 Å².